The topological polar surface area (TPSA) is 41.9 Å². The van der Waals surface area contributed by atoms with E-state index in [4.69, 9.17) is 21.2 Å². The lowest BCUT2D eigenvalue weighted by Crippen LogP contribution is -2.30. The highest BCUT2D eigenvalue weighted by molar-refractivity contribution is 6.30. The molecule has 1 heterocycles. The van der Waals surface area contributed by atoms with Gasteiger partial charge < -0.3 is 9.84 Å². The molecule has 0 bridgehead atoms. The highest BCUT2D eigenvalue weighted by Gasteiger charge is 2.25. The molecule has 4 nitrogen and oxygen atoms in total. The molecule has 0 unspecified atom stereocenters. The number of rotatable bonds is 4. The molecule has 1 aromatic rings. The summed E-state index contributed by atoms with van der Waals surface area (Å²) < 4.78 is 5.74. The quantitative estimate of drug-likeness (QED) is 0.892. The van der Waals surface area contributed by atoms with Gasteiger partial charge in [0.2, 0.25) is 0 Å². The molecule has 0 aliphatic carbocycles. The SMILES string of the molecule is C[C@H](O)CN1C[C@@H](Oc2ccc(Cl)cc2)CO1. The molecule has 1 aliphatic heterocycles. The summed E-state index contributed by atoms with van der Waals surface area (Å²) in [6.07, 6.45) is -0.404. The molecule has 0 spiro atoms. The predicted molar refractivity (Wildman–Crippen MR) is 65.1 cm³/mol. The molecule has 1 N–H and O–H groups in total. The Bertz CT molecular complexity index is 355. The van der Waals surface area contributed by atoms with E-state index < -0.39 is 6.10 Å². The van der Waals surface area contributed by atoms with E-state index >= 15 is 0 Å². The van der Waals surface area contributed by atoms with Crippen molar-refractivity contribution < 1.29 is 14.7 Å². The first kappa shape index (κ1) is 12.6. The van der Waals surface area contributed by atoms with Gasteiger partial charge in [-0.15, -0.1) is 0 Å². The molecule has 1 saturated heterocycles. The number of benzene rings is 1. The van der Waals surface area contributed by atoms with E-state index in [9.17, 15) is 5.11 Å². The van der Waals surface area contributed by atoms with Gasteiger partial charge in [-0.05, 0) is 31.2 Å². The summed E-state index contributed by atoms with van der Waals surface area (Å²) in [6, 6.07) is 7.25. The smallest absolute Gasteiger partial charge is 0.139 e. The predicted octanol–water partition coefficient (Wildman–Crippen LogP) is 1.72. The molecular formula is C12H16ClNO3. The average molecular weight is 258 g/mol. The van der Waals surface area contributed by atoms with Crippen LogP contribution in [0.3, 0.4) is 0 Å². The van der Waals surface area contributed by atoms with Crippen molar-refractivity contribution in [3.8, 4) is 5.75 Å². The van der Waals surface area contributed by atoms with E-state index in [2.05, 4.69) is 0 Å². The van der Waals surface area contributed by atoms with E-state index in [1.54, 1.807) is 24.1 Å². The van der Waals surface area contributed by atoms with E-state index in [0.717, 1.165) is 5.75 Å². The van der Waals surface area contributed by atoms with Crippen LogP contribution in [0.4, 0.5) is 0 Å². The van der Waals surface area contributed by atoms with Crippen LogP contribution < -0.4 is 4.74 Å². The molecule has 5 heteroatoms. The fraction of sp³-hybridized carbons (Fsp3) is 0.500. The lowest BCUT2D eigenvalue weighted by atomic mass is 10.3. The van der Waals surface area contributed by atoms with Gasteiger partial charge in [0.25, 0.3) is 0 Å². The van der Waals surface area contributed by atoms with Gasteiger partial charge in [-0.25, -0.2) is 0 Å². The molecule has 0 amide bonds. The molecular weight excluding hydrogens is 242 g/mol. The van der Waals surface area contributed by atoms with Gasteiger partial charge in [-0.1, -0.05) is 11.6 Å². The lowest BCUT2D eigenvalue weighted by molar-refractivity contribution is -0.126. The van der Waals surface area contributed by atoms with Crippen LogP contribution in [0.25, 0.3) is 0 Å². The van der Waals surface area contributed by atoms with Crippen LogP contribution in [0.5, 0.6) is 5.75 Å². The number of nitrogens with zero attached hydrogens (tertiary/aromatic N) is 1. The van der Waals surface area contributed by atoms with Gasteiger partial charge in [0.05, 0.1) is 12.6 Å². The maximum atomic E-state index is 9.24. The molecule has 0 saturated carbocycles. The van der Waals surface area contributed by atoms with Crippen LogP contribution in [0.15, 0.2) is 24.3 Å². The average Bonchev–Trinajstić information content (AvgIpc) is 2.68. The number of ether oxygens (including phenoxy) is 1. The van der Waals surface area contributed by atoms with Crippen LogP contribution in [0, 0.1) is 0 Å². The summed E-state index contributed by atoms with van der Waals surface area (Å²) in [5.41, 5.74) is 0. The first-order valence-electron chi connectivity index (χ1n) is 5.61. The van der Waals surface area contributed by atoms with Crippen LogP contribution in [0.2, 0.25) is 5.02 Å². The number of hydrogen-bond acceptors (Lipinski definition) is 4. The van der Waals surface area contributed by atoms with Crippen molar-refractivity contribution in [1.82, 2.24) is 5.06 Å². The molecule has 17 heavy (non-hydrogen) atoms. The van der Waals surface area contributed by atoms with Crippen LogP contribution in [-0.4, -0.2) is 42.1 Å². The second kappa shape index (κ2) is 5.69. The van der Waals surface area contributed by atoms with Crippen molar-refractivity contribution in [2.24, 2.45) is 0 Å². The Hall–Kier alpha value is -0.810. The number of β-amino-alcohol motifs (C(OH)–C–C–N with tert-alkyl or cyclic N) is 1. The van der Waals surface area contributed by atoms with Crippen molar-refractivity contribution in [2.75, 3.05) is 19.7 Å². The Morgan fingerprint density at radius 3 is 2.88 bits per heavy atom. The third kappa shape index (κ3) is 3.85. The van der Waals surface area contributed by atoms with Crippen molar-refractivity contribution in [3.05, 3.63) is 29.3 Å². The lowest BCUT2D eigenvalue weighted by Gasteiger charge is -2.15. The molecule has 1 fully saturated rings. The number of aliphatic hydroxyl groups excluding tert-OH is 1. The van der Waals surface area contributed by atoms with Gasteiger partial charge in [-0.2, -0.15) is 5.06 Å². The fourth-order valence-electron chi connectivity index (χ4n) is 1.72. The Labute approximate surface area is 106 Å². The minimum atomic E-state index is -0.399. The number of hydrogen-bond donors (Lipinski definition) is 1. The summed E-state index contributed by atoms with van der Waals surface area (Å²) in [6.45, 7) is 3.40. The van der Waals surface area contributed by atoms with Gasteiger partial charge in [-0.3, -0.25) is 4.84 Å². The Morgan fingerprint density at radius 2 is 2.24 bits per heavy atom. The Balaban J connectivity index is 1.83. The highest BCUT2D eigenvalue weighted by Crippen LogP contribution is 2.19. The molecule has 1 aromatic carbocycles. The third-order valence-corrected chi connectivity index (χ3v) is 2.69. The summed E-state index contributed by atoms with van der Waals surface area (Å²) in [7, 11) is 0. The minimum absolute atomic E-state index is 0.00470. The highest BCUT2D eigenvalue weighted by atomic mass is 35.5. The second-order valence-corrected chi connectivity index (χ2v) is 4.62. The zero-order valence-electron chi connectivity index (χ0n) is 9.67. The summed E-state index contributed by atoms with van der Waals surface area (Å²) in [5, 5.41) is 11.7. The molecule has 2 atom stereocenters. The maximum absolute atomic E-state index is 9.24. The number of halogens is 1. The first-order chi connectivity index (χ1) is 8.13. The zero-order chi connectivity index (χ0) is 12.3. The molecule has 0 radical (unpaired) electrons. The molecule has 1 aliphatic rings. The fourth-order valence-corrected chi connectivity index (χ4v) is 1.85. The van der Waals surface area contributed by atoms with Crippen molar-refractivity contribution in [1.29, 1.82) is 0 Å². The van der Waals surface area contributed by atoms with Crippen LogP contribution in [0.1, 0.15) is 6.92 Å². The van der Waals surface area contributed by atoms with E-state index in [1.807, 2.05) is 12.1 Å². The second-order valence-electron chi connectivity index (χ2n) is 4.19. The van der Waals surface area contributed by atoms with E-state index in [1.165, 1.54) is 0 Å². The molecule has 94 valence electrons. The summed E-state index contributed by atoms with van der Waals surface area (Å²) >= 11 is 5.79. The van der Waals surface area contributed by atoms with Crippen molar-refractivity contribution in [3.63, 3.8) is 0 Å². The van der Waals surface area contributed by atoms with Crippen LogP contribution >= 0.6 is 11.6 Å². The minimum Gasteiger partial charge on any atom is -0.486 e. The van der Waals surface area contributed by atoms with Gasteiger partial charge in [0.15, 0.2) is 0 Å². The summed E-state index contributed by atoms with van der Waals surface area (Å²) in [5.74, 6) is 0.780. The number of aliphatic hydroxyl groups is 1. The Kier molecular flexibility index (Phi) is 4.23. The zero-order valence-corrected chi connectivity index (χ0v) is 10.4. The van der Waals surface area contributed by atoms with Crippen molar-refractivity contribution >= 4 is 11.6 Å². The molecule has 0 aromatic heterocycles. The standard InChI is InChI=1S/C12H16ClNO3/c1-9(15)6-14-7-12(8-16-14)17-11-4-2-10(13)3-5-11/h2-5,9,12,15H,6-8H2,1H3/t9-,12+/m0/s1. The van der Waals surface area contributed by atoms with Gasteiger partial charge >= 0.3 is 0 Å². The largest absolute Gasteiger partial charge is 0.486 e. The van der Waals surface area contributed by atoms with Crippen molar-refractivity contribution in [2.45, 2.75) is 19.1 Å². The first-order valence-corrected chi connectivity index (χ1v) is 5.99. The summed E-state index contributed by atoms with van der Waals surface area (Å²) in [4.78, 5) is 5.39. The normalized spacial score (nSPS) is 22.6. The van der Waals surface area contributed by atoms with E-state index in [-0.39, 0.29) is 6.10 Å². The Morgan fingerprint density at radius 1 is 1.53 bits per heavy atom. The van der Waals surface area contributed by atoms with E-state index in [0.29, 0.717) is 24.7 Å². The molecule has 2 rings (SSSR count). The number of hydroxylamine groups is 2. The third-order valence-electron chi connectivity index (χ3n) is 2.43. The van der Waals surface area contributed by atoms with Gasteiger partial charge in [0, 0.05) is 11.6 Å². The maximum Gasteiger partial charge on any atom is 0.139 e. The van der Waals surface area contributed by atoms with Gasteiger partial charge in [0.1, 0.15) is 18.5 Å². The van der Waals surface area contributed by atoms with Crippen LogP contribution in [-0.2, 0) is 4.84 Å². The monoisotopic (exact) mass is 257 g/mol.